The van der Waals surface area contributed by atoms with Crippen molar-refractivity contribution in [3.8, 4) is 0 Å². The van der Waals surface area contributed by atoms with Crippen molar-refractivity contribution >= 4 is 21.6 Å². The number of sulfonamides is 1. The van der Waals surface area contributed by atoms with E-state index in [1.807, 2.05) is 6.07 Å². The maximum absolute atomic E-state index is 12.7. The first-order chi connectivity index (χ1) is 12.0. The lowest BCUT2D eigenvalue weighted by atomic mass is 10.2. The number of morpholine rings is 1. The van der Waals surface area contributed by atoms with Crippen LogP contribution in [-0.2, 0) is 14.8 Å². The van der Waals surface area contributed by atoms with Crippen molar-refractivity contribution in [3.63, 3.8) is 0 Å². The molecule has 1 aliphatic heterocycles. The normalized spacial score (nSPS) is 17.5. The van der Waals surface area contributed by atoms with E-state index >= 15 is 0 Å². The maximum Gasteiger partial charge on any atom is 0.240 e. The van der Waals surface area contributed by atoms with Gasteiger partial charge in [0.05, 0.1) is 30.4 Å². The molecule has 3 rings (SSSR count). The van der Waals surface area contributed by atoms with Crippen LogP contribution >= 0.6 is 11.6 Å². The molecule has 1 atom stereocenters. The summed E-state index contributed by atoms with van der Waals surface area (Å²) < 4.78 is 39.0. The van der Waals surface area contributed by atoms with Crippen LogP contribution in [0.1, 0.15) is 17.4 Å². The Kier molecular flexibility index (Phi) is 5.81. The molecule has 0 amide bonds. The van der Waals surface area contributed by atoms with E-state index in [-0.39, 0.29) is 17.5 Å². The summed E-state index contributed by atoms with van der Waals surface area (Å²) >= 11 is 5.96. The van der Waals surface area contributed by atoms with Gasteiger partial charge in [-0.1, -0.05) is 17.7 Å². The van der Waals surface area contributed by atoms with E-state index < -0.39 is 10.0 Å². The molecule has 0 spiro atoms. The van der Waals surface area contributed by atoms with Crippen molar-refractivity contribution in [3.05, 3.63) is 52.9 Å². The first-order valence-electron chi connectivity index (χ1n) is 8.08. The SMILES string of the molecule is Cc1ccc(Cl)cc1S(=O)(=O)NCC(c1ccco1)N1CCOCC1. The molecule has 25 heavy (non-hydrogen) atoms. The van der Waals surface area contributed by atoms with Gasteiger partial charge in [0.1, 0.15) is 5.76 Å². The molecule has 1 fully saturated rings. The molecular formula is C17H21ClN2O4S. The molecule has 1 aliphatic rings. The van der Waals surface area contributed by atoms with Crippen molar-refractivity contribution in [2.24, 2.45) is 0 Å². The highest BCUT2D eigenvalue weighted by molar-refractivity contribution is 7.89. The van der Waals surface area contributed by atoms with Gasteiger partial charge in [-0.25, -0.2) is 13.1 Å². The monoisotopic (exact) mass is 384 g/mol. The van der Waals surface area contributed by atoms with Crippen LogP contribution in [0.5, 0.6) is 0 Å². The van der Waals surface area contributed by atoms with Gasteiger partial charge in [-0.05, 0) is 36.8 Å². The molecule has 1 aromatic heterocycles. The van der Waals surface area contributed by atoms with Crippen LogP contribution in [-0.4, -0.2) is 46.2 Å². The van der Waals surface area contributed by atoms with Gasteiger partial charge in [-0.3, -0.25) is 4.90 Å². The van der Waals surface area contributed by atoms with Crippen LogP contribution in [0.15, 0.2) is 45.9 Å². The van der Waals surface area contributed by atoms with Crippen molar-refractivity contribution in [1.29, 1.82) is 0 Å². The number of hydrogen-bond acceptors (Lipinski definition) is 5. The molecule has 1 aromatic carbocycles. The molecule has 6 nitrogen and oxygen atoms in total. The highest BCUT2D eigenvalue weighted by Gasteiger charge is 2.27. The fourth-order valence-electron chi connectivity index (χ4n) is 2.91. The molecule has 0 saturated carbocycles. The number of nitrogens with one attached hydrogen (secondary N) is 1. The first-order valence-corrected chi connectivity index (χ1v) is 9.94. The number of ether oxygens (including phenoxy) is 1. The van der Waals surface area contributed by atoms with Crippen LogP contribution in [0.25, 0.3) is 0 Å². The Morgan fingerprint density at radius 3 is 2.72 bits per heavy atom. The Labute approximate surface area is 152 Å². The van der Waals surface area contributed by atoms with Gasteiger partial charge in [-0.15, -0.1) is 0 Å². The molecule has 2 aromatic rings. The molecular weight excluding hydrogens is 364 g/mol. The van der Waals surface area contributed by atoms with E-state index in [4.69, 9.17) is 20.8 Å². The summed E-state index contributed by atoms with van der Waals surface area (Å²) in [5.74, 6) is 0.729. The second-order valence-electron chi connectivity index (χ2n) is 5.94. The average molecular weight is 385 g/mol. The molecule has 136 valence electrons. The van der Waals surface area contributed by atoms with Crippen molar-refractivity contribution < 1.29 is 17.6 Å². The zero-order chi connectivity index (χ0) is 17.9. The lowest BCUT2D eigenvalue weighted by molar-refractivity contribution is 0.0128. The van der Waals surface area contributed by atoms with E-state index in [0.29, 0.717) is 23.8 Å². The van der Waals surface area contributed by atoms with E-state index in [1.165, 1.54) is 6.07 Å². The summed E-state index contributed by atoms with van der Waals surface area (Å²) in [5, 5.41) is 0.390. The van der Waals surface area contributed by atoms with Gasteiger partial charge in [0.15, 0.2) is 0 Å². The van der Waals surface area contributed by atoms with Crippen LogP contribution < -0.4 is 4.72 Å². The summed E-state index contributed by atoms with van der Waals surface area (Å²) in [5.41, 5.74) is 0.651. The lowest BCUT2D eigenvalue weighted by Gasteiger charge is -2.33. The number of furan rings is 1. The minimum absolute atomic E-state index is 0.187. The lowest BCUT2D eigenvalue weighted by Crippen LogP contribution is -2.43. The number of halogens is 1. The predicted octanol–water partition coefficient (Wildman–Crippen LogP) is 2.59. The Morgan fingerprint density at radius 1 is 1.28 bits per heavy atom. The predicted molar refractivity (Wildman–Crippen MR) is 95.2 cm³/mol. The minimum Gasteiger partial charge on any atom is -0.468 e. The van der Waals surface area contributed by atoms with Crippen molar-refractivity contribution in [1.82, 2.24) is 9.62 Å². The standard InChI is InChI=1S/C17H21ClN2O4S/c1-13-4-5-14(18)11-17(13)25(21,22)19-12-15(16-3-2-8-24-16)20-6-9-23-10-7-20/h2-5,8,11,15,19H,6-7,9-10,12H2,1H3. The fourth-order valence-corrected chi connectivity index (χ4v) is 4.45. The molecule has 0 aliphatic carbocycles. The number of aryl methyl sites for hydroxylation is 1. The van der Waals surface area contributed by atoms with Gasteiger partial charge >= 0.3 is 0 Å². The second-order valence-corrected chi connectivity index (χ2v) is 8.11. The number of hydrogen-bond donors (Lipinski definition) is 1. The molecule has 2 heterocycles. The van der Waals surface area contributed by atoms with E-state index in [9.17, 15) is 8.42 Å². The topological polar surface area (TPSA) is 71.8 Å². The van der Waals surface area contributed by atoms with Crippen molar-refractivity contribution in [2.45, 2.75) is 17.9 Å². The van der Waals surface area contributed by atoms with Crippen LogP contribution in [0.2, 0.25) is 5.02 Å². The third-order valence-electron chi connectivity index (χ3n) is 4.26. The van der Waals surface area contributed by atoms with Crippen LogP contribution in [0.3, 0.4) is 0 Å². The van der Waals surface area contributed by atoms with Gasteiger partial charge in [0.25, 0.3) is 0 Å². The molecule has 1 saturated heterocycles. The summed E-state index contributed by atoms with van der Waals surface area (Å²) in [6.45, 7) is 4.65. The van der Waals surface area contributed by atoms with Crippen LogP contribution in [0, 0.1) is 6.92 Å². The quantitative estimate of drug-likeness (QED) is 0.828. The number of rotatable bonds is 6. The van der Waals surface area contributed by atoms with Gasteiger partial charge in [-0.2, -0.15) is 0 Å². The largest absolute Gasteiger partial charge is 0.468 e. The highest BCUT2D eigenvalue weighted by atomic mass is 35.5. The zero-order valence-corrected chi connectivity index (χ0v) is 15.5. The van der Waals surface area contributed by atoms with Crippen molar-refractivity contribution in [2.75, 3.05) is 32.8 Å². The fraction of sp³-hybridized carbons (Fsp3) is 0.412. The van der Waals surface area contributed by atoms with Gasteiger partial charge in [0.2, 0.25) is 10.0 Å². The second kappa shape index (κ2) is 7.88. The Morgan fingerprint density at radius 2 is 2.04 bits per heavy atom. The van der Waals surface area contributed by atoms with E-state index in [2.05, 4.69) is 9.62 Å². The number of nitrogens with zero attached hydrogens (tertiary/aromatic N) is 1. The van der Waals surface area contributed by atoms with Gasteiger partial charge < -0.3 is 9.15 Å². The molecule has 1 N–H and O–H groups in total. The summed E-state index contributed by atoms with van der Waals surface area (Å²) in [4.78, 5) is 2.36. The smallest absolute Gasteiger partial charge is 0.240 e. The molecule has 1 unspecified atom stereocenters. The minimum atomic E-state index is -3.67. The summed E-state index contributed by atoms with van der Waals surface area (Å²) in [6.07, 6.45) is 1.60. The Balaban J connectivity index is 1.79. The molecule has 0 bridgehead atoms. The third kappa shape index (κ3) is 4.43. The van der Waals surface area contributed by atoms with E-state index in [0.717, 1.165) is 18.8 Å². The third-order valence-corrected chi connectivity index (χ3v) is 6.07. The van der Waals surface area contributed by atoms with Gasteiger partial charge in [0, 0.05) is 24.7 Å². The highest BCUT2D eigenvalue weighted by Crippen LogP contribution is 2.24. The average Bonchev–Trinajstić information content (AvgIpc) is 3.12. The van der Waals surface area contributed by atoms with Crippen LogP contribution in [0.4, 0.5) is 0 Å². The Bertz CT molecular complexity index is 802. The number of benzene rings is 1. The summed E-state index contributed by atoms with van der Waals surface area (Å²) in [7, 11) is -3.67. The molecule has 8 heteroatoms. The summed E-state index contributed by atoms with van der Waals surface area (Å²) in [6, 6.07) is 8.32. The Hall–Kier alpha value is -1.38. The van der Waals surface area contributed by atoms with E-state index in [1.54, 1.807) is 31.4 Å². The maximum atomic E-state index is 12.7. The first kappa shape index (κ1) is 18.4. The zero-order valence-electron chi connectivity index (χ0n) is 13.9. The molecule has 0 radical (unpaired) electrons.